The summed E-state index contributed by atoms with van der Waals surface area (Å²) in [6.07, 6.45) is 1.78. The molecule has 1 aromatic carbocycles. The lowest BCUT2D eigenvalue weighted by molar-refractivity contribution is -0.114. The maximum Gasteiger partial charge on any atom is 0.221 e. The molecule has 4 nitrogen and oxygen atoms in total. The highest BCUT2D eigenvalue weighted by Gasteiger charge is 2.02. The molecule has 2 rings (SSSR count). The van der Waals surface area contributed by atoms with Gasteiger partial charge in [0, 0.05) is 29.0 Å². The zero-order chi connectivity index (χ0) is 14.5. The Morgan fingerprint density at radius 1 is 1.30 bits per heavy atom. The van der Waals surface area contributed by atoms with Gasteiger partial charge in [-0.1, -0.05) is 0 Å². The van der Waals surface area contributed by atoms with Crippen LogP contribution < -0.4 is 10.6 Å². The van der Waals surface area contributed by atoms with Crippen LogP contribution in [0.2, 0.25) is 0 Å². The number of amides is 1. The molecule has 0 fully saturated rings. The number of nitrogens with one attached hydrogen (secondary N) is 2. The molecule has 1 aromatic heterocycles. The quantitative estimate of drug-likeness (QED) is 0.896. The molecule has 0 atom stereocenters. The number of nitrogens with zero attached hydrogens (tertiary/aromatic N) is 1. The smallest absolute Gasteiger partial charge is 0.221 e. The first-order chi connectivity index (χ1) is 9.54. The zero-order valence-corrected chi connectivity index (χ0v) is 13.0. The number of pyridine rings is 1. The van der Waals surface area contributed by atoms with Gasteiger partial charge in [-0.25, -0.2) is 0 Å². The van der Waals surface area contributed by atoms with Gasteiger partial charge in [0.25, 0.3) is 0 Å². The van der Waals surface area contributed by atoms with Crippen LogP contribution in [-0.4, -0.2) is 10.9 Å². The van der Waals surface area contributed by atoms with Crippen molar-refractivity contribution in [2.45, 2.75) is 20.4 Å². The number of benzene rings is 1. The van der Waals surface area contributed by atoms with E-state index in [1.165, 1.54) is 6.92 Å². The lowest BCUT2D eigenvalue weighted by Gasteiger charge is -2.10. The van der Waals surface area contributed by atoms with Crippen molar-refractivity contribution in [2.24, 2.45) is 0 Å². The molecule has 0 aliphatic heterocycles. The normalized spacial score (nSPS) is 10.2. The number of aromatic nitrogens is 1. The minimum absolute atomic E-state index is 0.0622. The molecule has 1 heterocycles. The maximum atomic E-state index is 11.0. The van der Waals surface area contributed by atoms with Crippen LogP contribution in [0.4, 0.5) is 11.4 Å². The van der Waals surface area contributed by atoms with Gasteiger partial charge in [-0.3, -0.25) is 9.78 Å². The summed E-state index contributed by atoms with van der Waals surface area (Å²) in [6, 6.07) is 9.78. The standard InChI is InChI=1S/C15H16BrN3O/c1-10-7-13(5-6-15(10)19-11(2)20)18-9-14-4-3-12(16)8-17-14/h3-8,18H,9H2,1-2H3,(H,19,20). The summed E-state index contributed by atoms with van der Waals surface area (Å²) >= 11 is 3.36. The molecule has 2 aromatic rings. The van der Waals surface area contributed by atoms with Crippen molar-refractivity contribution in [2.75, 3.05) is 10.6 Å². The zero-order valence-electron chi connectivity index (χ0n) is 11.4. The average molecular weight is 334 g/mol. The van der Waals surface area contributed by atoms with E-state index in [4.69, 9.17) is 0 Å². The van der Waals surface area contributed by atoms with Gasteiger partial charge in [-0.05, 0) is 58.7 Å². The molecule has 1 amide bonds. The van der Waals surface area contributed by atoms with E-state index < -0.39 is 0 Å². The number of carbonyl (C=O) groups excluding carboxylic acids is 1. The van der Waals surface area contributed by atoms with Crippen molar-refractivity contribution < 1.29 is 4.79 Å². The van der Waals surface area contributed by atoms with Gasteiger partial charge in [0.05, 0.1) is 12.2 Å². The molecule has 0 unspecified atom stereocenters. The van der Waals surface area contributed by atoms with Crippen molar-refractivity contribution in [3.05, 3.63) is 52.3 Å². The van der Waals surface area contributed by atoms with Crippen molar-refractivity contribution in [1.29, 1.82) is 0 Å². The number of carbonyl (C=O) groups is 1. The summed E-state index contributed by atoms with van der Waals surface area (Å²) in [7, 11) is 0. The highest BCUT2D eigenvalue weighted by atomic mass is 79.9. The topological polar surface area (TPSA) is 54.0 Å². The third kappa shape index (κ3) is 4.06. The van der Waals surface area contributed by atoms with Crippen LogP contribution in [0, 0.1) is 6.92 Å². The monoisotopic (exact) mass is 333 g/mol. The third-order valence-corrected chi connectivity index (χ3v) is 3.27. The Bertz CT molecular complexity index is 611. The predicted octanol–water partition coefficient (Wildman–Crippen LogP) is 3.72. The van der Waals surface area contributed by atoms with Crippen molar-refractivity contribution >= 4 is 33.2 Å². The van der Waals surface area contributed by atoms with E-state index in [0.717, 1.165) is 27.1 Å². The molecule has 0 aliphatic rings. The van der Waals surface area contributed by atoms with Crippen LogP contribution in [0.1, 0.15) is 18.2 Å². The first kappa shape index (κ1) is 14.5. The molecular formula is C15H16BrN3O. The Labute approximate surface area is 126 Å². The lowest BCUT2D eigenvalue weighted by atomic mass is 10.1. The second-order valence-corrected chi connectivity index (χ2v) is 5.45. The van der Waals surface area contributed by atoms with Crippen LogP contribution in [0.15, 0.2) is 41.0 Å². The van der Waals surface area contributed by atoms with Crippen LogP contribution in [-0.2, 0) is 11.3 Å². The predicted molar refractivity (Wildman–Crippen MR) is 84.7 cm³/mol. The van der Waals surface area contributed by atoms with Gasteiger partial charge in [0.2, 0.25) is 5.91 Å². The fourth-order valence-corrected chi connectivity index (χ4v) is 2.04. The third-order valence-electron chi connectivity index (χ3n) is 2.80. The summed E-state index contributed by atoms with van der Waals surface area (Å²) in [4.78, 5) is 15.4. The highest BCUT2D eigenvalue weighted by molar-refractivity contribution is 9.10. The molecule has 2 N–H and O–H groups in total. The van der Waals surface area contributed by atoms with E-state index in [-0.39, 0.29) is 5.91 Å². The second-order valence-electron chi connectivity index (χ2n) is 4.53. The molecule has 20 heavy (non-hydrogen) atoms. The van der Waals surface area contributed by atoms with Crippen LogP contribution in [0.25, 0.3) is 0 Å². The van der Waals surface area contributed by atoms with E-state index in [1.54, 1.807) is 6.20 Å². The Balaban J connectivity index is 2.01. The fourth-order valence-electron chi connectivity index (χ4n) is 1.81. The molecule has 104 valence electrons. The molecule has 0 bridgehead atoms. The fraction of sp³-hybridized carbons (Fsp3) is 0.200. The number of halogens is 1. The minimum Gasteiger partial charge on any atom is -0.379 e. The highest BCUT2D eigenvalue weighted by Crippen LogP contribution is 2.20. The SMILES string of the molecule is CC(=O)Nc1ccc(NCc2ccc(Br)cn2)cc1C. The largest absolute Gasteiger partial charge is 0.379 e. The Hall–Kier alpha value is -1.88. The molecular weight excluding hydrogens is 318 g/mol. The lowest BCUT2D eigenvalue weighted by Crippen LogP contribution is -2.07. The Morgan fingerprint density at radius 2 is 2.10 bits per heavy atom. The molecule has 0 aliphatic carbocycles. The summed E-state index contributed by atoms with van der Waals surface area (Å²) < 4.78 is 0.969. The summed E-state index contributed by atoms with van der Waals surface area (Å²) in [6.45, 7) is 4.13. The number of aryl methyl sites for hydroxylation is 1. The van der Waals surface area contributed by atoms with E-state index >= 15 is 0 Å². The van der Waals surface area contributed by atoms with Crippen LogP contribution >= 0.6 is 15.9 Å². The van der Waals surface area contributed by atoms with Crippen molar-refractivity contribution in [3.8, 4) is 0 Å². The summed E-state index contributed by atoms with van der Waals surface area (Å²) in [5.41, 5.74) is 3.83. The van der Waals surface area contributed by atoms with Gasteiger partial charge >= 0.3 is 0 Å². The van der Waals surface area contributed by atoms with E-state index in [1.807, 2.05) is 37.3 Å². The Kier molecular flexibility index (Phi) is 4.74. The summed E-state index contributed by atoms with van der Waals surface area (Å²) in [5.74, 6) is -0.0622. The first-order valence-electron chi connectivity index (χ1n) is 6.27. The number of hydrogen-bond acceptors (Lipinski definition) is 3. The van der Waals surface area contributed by atoms with Crippen LogP contribution in [0.3, 0.4) is 0 Å². The minimum atomic E-state index is -0.0622. The van der Waals surface area contributed by atoms with Crippen molar-refractivity contribution in [1.82, 2.24) is 4.98 Å². The molecule has 0 saturated heterocycles. The summed E-state index contributed by atoms with van der Waals surface area (Å²) in [5, 5.41) is 6.11. The van der Waals surface area contributed by atoms with Gasteiger partial charge in [0.15, 0.2) is 0 Å². The first-order valence-corrected chi connectivity index (χ1v) is 7.06. The number of anilines is 2. The molecule has 5 heteroatoms. The van der Waals surface area contributed by atoms with E-state index in [2.05, 4.69) is 31.5 Å². The second kappa shape index (κ2) is 6.52. The maximum absolute atomic E-state index is 11.0. The van der Waals surface area contributed by atoms with Gasteiger partial charge in [-0.15, -0.1) is 0 Å². The number of rotatable bonds is 4. The molecule has 0 saturated carbocycles. The van der Waals surface area contributed by atoms with Crippen molar-refractivity contribution in [3.63, 3.8) is 0 Å². The molecule has 0 spiro atoms. The molecule has 0 radical (unpaired) electrons. The van der Waals surface area contributed by atoms with Crippen LogP contribution in [0.5, 0.6) is 0 Å². The average Bonchev–Trinajstić information content (AvgIpc) is 2.40. The van der Waals surface area contributed by atoms with Gasteiger partial charge < -0.3 is 10.6 Å². The van der Waals surface area contributed by atoms with E-state index in [9.17, 15) is 4.79 Å². The Morgan fingerprint density at radius 3 is 2.70 bits per heavy atom. The van der Waals surface area contributed by atoms with Gasteiger partial charge in [-0.2, -0.15) is 0 Å². The number of hydrogen-bond donors (Lipinski definition) is 2. The van der Waals surface area contributed by atoms with E-state index in [0.29, 0.717) is 6.54 Å². The van der Waals surface area contributed by atoms with Gasteiger partial charge in [0.1, 0.15) is 0 Å².